The van der Waals surface area contributed by atoms with Gasteiger partial charge >= 0.3 is 11.8 Å². The Labute approximate surface area is 120 Å². The summed E-state index contributed by atoms with van der Waals surface area (Å²) >= 11 is 0. The smallest absolute Gasteiger partial charge is 0.406 e. The first-order valence-corrected chi connectivity index (χ1v) is 5.95. The molecular weight excluding hydrogens is 282 g/mol. The summed E-state index contributed by atoms with van der Waals surface area (Å²) in [5.41, 5.74) is 0.459. The largest absolute Gasteiger partial charge is 0.483 e. The molecule has 1 aromatic heterocycles. The van der Waals surface area contributed by atoms with Gasteiger partial charge in [0.1, 0.15) is 12.3 Å². The molecule has 0 aliphatic heterocycles. The van der Waals surface area contributed by atoms with Crippen LogP contribution in [0, 0.1) is 17.0 Å². The number of aromatic nitrogens is 1. The van der Waals surface area contributed by atoms with Crippen LogP contribution < -0.4 is 10.1 Å². The van der Waals surface area contributed by atoms with Gasteiger partial charge in [-0.05, 0) is 22.0 Å². The third kappa shape index (κ3) is 4.71. The molecule has 114 valence electrons. The molecule has 1 atom stereocenters. The fourth-order valence-electron chi connectivity index (χ4n) is 1.50. The van der Waals surface area contributed by atoms with Crippen molar-refractivity contribution in [3.63, 3.8) is 0 Å². The number of ether oxygens (including phenoxy) is 2. The Hall–Kier alpha value is -2.71. The van der Waals surface area contributed by atoms with Gasteiger partial charge in [0.15, 0.2) is 6.04 Å². The van der Waals surface area contributed by atoms with E-state index in [9.17, 15) is 19.7 Å². The second-order valence-corrected chi connectivity index (χ2v) is 4.12. The molecule has 0 bridgehead atoms. The lowest BCUT2D eigenvalue weighted by atomic mass is 10.3. The molecule has 0 spiro atoms. The molecule has 1 rings (SSSR count). The third-order valence-corrected chi connectivity index (χ3v) is 2.42. The number of esters is 1. The molecule has 0 saturated heterocycles. The minimum atomic E-state index is -1.06. The van der Waals surface area contributed by atoms with E-state index in [0.29, 0.717) is 5.69 Å². The zero-order valence-corrected chi connectivity index (χ0v) is 11.8. The van der Waals surface area contributed by atoms with E-state index in [-0.39, 0.29) is 12.4 Å². The van der Waals surface area contributed by atoms with Gasteiger partial charge in [-0.2, -0.15) is 0 Å². The summed E-state index contributed by atoms with van der Waals surface area (Å²) in [5, 5.41) is 13.2. The van der Waals surface area contributed by atoms with Gasteiger partial charge in [-0.1, -0.05) is 0 Å². The van der Waals surface area contributed by atoms with Gasteiger partial charge in [0.05, 0.1) is 7.11 Å². The van der Waals surface area contributed by atoms with Crippen molar-refractivity contribution in [2.75, 3.05) is 13.7 Å². The summed E-state index contributed by atoms with van der Waals surface area (Å²) in [7, 11) is 1.16. The number of amides is 1. The van der Waals surface area contributed by atoms with E-state index in [1.807, 2.05) is 0 Å². The molecule has 0 aromatic carbocycles. The number of rotatable bonds is 6. The van der Waals surface area contributed by atoms with Crippen LogP contribution in [0.15, 0.2) is 12.1 Å². The van der Waals surface area contributed by atoms with Crippen molar-refractivity contribution in [3.8, 4) is 5.75 Å². The van der Waals surface area contributed by atoms with E-state index in [1.165, 1.54) is 19.1 Å². The van der Waals surface area contributed by atoms with Gasteiger partial charge in [-0.3, -0.25) is 4.79 Å². The Balaban J connectivity index is 2.87. The summed E-state index contributed by atoms with van der Waals surface area (Å²) < 4.78 is 9.74. The summed E-state index contributed by atoms with van der Waals surface area (Å²) in [6.45, 7) is 2.52. The van der Waals surface area contributed by atoms with Crippen molar-refractivity contribution in [3.05, 3.63) is 27.9 Å². The van der Waals surface area contributed by atoms with Crippen molar-refractivity contribution in [1.82, 2.24) is 10.3 Å². The molecule has 0 aliphatic rings. The lowest BCUT2D eigenvalue weighted by Gasteiger charge is -2.16. The Bertz CT molecular complexity index is 560. The highest BCUT2D eigenvalue weighted by molar-refractivity contribution is 5.83. The SMILES string of the molecule is COC(=O)C(COc1ccc(C)nc1[N+](=O)[O-])NC(C)=O. The lowest BCUT2D eigenvalue weighted by Crippen LogP contribution is -2.44. The Kier molecular flexibility index (Phi) is 5.58. The normalized spacial score (nSPS) is 11.4. The van der Waals surface area contributed by atoms with Crippen LogP contribution in [0.1, 0.15) is 12.6 Å². The van der Waals surface area contributed by atoms with E-state index in [1.54, 1.807) is 6.92 Å². The highest BCUT2D eigenvalue weighted by atomic mass is 16.6. The van der Waals surface area contributed by atoms with E-state index < -0.39 is 28.7 Å². The number of nitro groups is 1. The van der Waals surface area contributed by atoms with Crippen LogP contribution in [0.25, 0.3) is 0 Å². The van der Waals surface area contributed by atoms with Gasteiger partial charge in [0, 0.05) is 13.8 Å². The highest BCUT2D eigenvalue weighted by Crippen LogP contribution is 2.24. The molecule has 9 nitrogen and oxygen atoms in total. The van der Waals surface area contributed by atoms with Gasteiger partial charge in [0.25, 0.3) is 0 Å². The molecule has 9 heteroatoms. The number of carbonyl (C=O) groups is 2. The van der Waals surface area contributed by atoms with Crippen LogP contribution >= 0.6 is 0 Å². The molecular formula is C12H15N3O6. The first-order valence-electron chi connectivity index (χ1n) is 5.95. The number of nitrogens with one attached hydrogen (secondary N) is 1. The van der Waals surface area contributed by atoms with Gasteiger partial charge < -0.3 is 24.9 Å². The highest BCUT2D eigenvalue weighted by Gasteiger charge is 2.24. The summed E-state index contributed by atoms with van der Waals surface area (Å²) in [6.07, 6.45) is 0. The Morgan fingerprint density at radius 1 is 1.48 bits per heavy atom. The molecule has 1 N–H and O–H groups in total. The number of hydrogen-bond acceptors (Lipinski definition) is 7. The molecule has 1 aromatic rings. The van der Waals surface area contributed by atoms with E-state index in [0.717, 1.165) is 7.11 Å². The maximum absolute atomic E-state index is 11.5. The zero-order valence-electron chi connectivity index (χ0n) is 11.8. The topological polar surface area (TPSA) is 121 Å². The van der Waals surface area contributed by atoms with Gasteiger partial charge in [-0.25, -0.2) is 4.79 Å². The monoisotopic (exact) mass is 297 g/mol. The molecule has 0 aliphatic carbocycles. The summed E-state index contributed by atoms with van der Waals surface area (Å²) in [5.74, 6) is -1.72. The minimum absolute atomic E-state index is 0.0927. The van der Waals surface area contributed by atoms with Crippen molar-refractivity contribution >= 4 is 17.7 Å². The molecule has 1 amide bonds. The number of aryl methyl sites for hydroxylation is 1. The van der Waals surface area contributed by atoms with Crippen LogP contribution in [0.4, 0.5) is 5.82 Å². The first kappa shape index (κ1) is 16.3. The fourth-order valence-corrected chi connectivity index (χ4v) is 1.50. The standard InChI is InChI=1S/C12H15N3O6/c1-7-4-5-10(11(13-7)15(18)19)21-6-9(12(17)20-3)14-8(2)16/h4-5,9H,6H2,1-3H3,(H,14,16). The fraction of sp³-hybridized carbons (Fsp3) is 0.417. The van der Waals surface area contributed by atoms with Crippen molar-refractivity contribution in [2.45, 2.75) is 19.9 Å². The quantitative estimate of drug-likeness (QED) is 0.457. The minimum Gasteiger partial charge on any atom is -0.483 e. The van der Waals surface area contributed by atoms with Crippen molar-refractivity contribution in [2.24, 2.45) is 0 Å². The van der Waals surface area contributed by atoms with Crippen LogP contribution in [0.2, 0.25) is 0 Å². The third-order valence-electron chi connectivity index (χ3n) is 2.42. The summed E-state index contributed by atoms with van der Waals surface area (Å²) in [4.78, 5) is 36.4. The van der Waals surface area contributed by atoms with Crippen LogP contribution in [-0.2, 0) is 14.3 Å². The molecule has 0 radical (unpaired) electrons. The summed E-state index contributed by atoms with van der Waals surface area (Å²) in [6, 6.07) is 1.85. The predicted molar refractivity (Wildman–Crippen MR) is 70.7 cm³/mol. The van der Waals surface area contributed by atoms with E-state index >= 15 is 0 Å². The number of hydrogen-bond donors (Lipinski definition) is 1. The molecule has 21 heavy (non-hydrogen) atoms. The number of methoxy groups -OCH3 is 1. The molecule has 1 unspecified atom stereocenters. The lowest BCUT2D eigenvalue weighted by molar-refractivity contribution is -0.390. The van der Waals surface area contributed by atoms with Crippen molar-refractivity contribution in [1.29, 1.82) is 0 Å². The Morgan fingerprint density at radius 2 is 2.14 bits per heavy atom. The van der Waals surface area contributed by atoms with Gasteiger partial charge in [0.2, 0.25) is 11.7 Å². The number of carbonyl (C=O) groups excluding carboxylic acids is 2. The van der Waals surface area contributed by atoms with E-state index in [2.05, 4.69) is 15.0 Å². The van der Waals surface area contributed by atoms with E-state index in [4.69, 9.17) is 4.74 Å². The average molecular weight is 297 g/mol. The van der Waals surface area contributed by atoms with Crippen LogP contribution in [0.3, 0.4) is 0 Å². The maximum atomic E-state index is 11.5. The molecule has 0 fully saturated rings. The predicted octanol–water partition coefficient (Wildman–Crippen LogP) is 0.355. The number of nitrogens with zero attached hydrogens (tertiary/aromatic N) is 2. The number of pyridine rings is 1. The van der Waals surface area contributed by atoms with Crippen LogP contribution in [0.5, 0.6) is 5.75 Å². The first-order chi connectivity index (χ1) is 9.85. The average Bonchev–Trinajstić information content (AvgIpc) is 2.42. The van der Waals surface area contributed by atoms with Crippen LogP contribution in [-0.4, -0.2) is 41.5 Å². The van der Waals surface area contributed by atoms with Crippen molar-refractivity contribution < 1.29 is 24.0 Å². The molecule has 1 heterocycles. The Morgan fingerprint density at radius 3 is 2.67 bits per heavy atom. The molecule has 0 saturated carbocycles. The second kappa shape index (κ2) is 7.17. The second-order valence-electron chi connectivity index (χ2n) is 4.12. The van der Waals surface area contributed by atoms with Gasteiger partial charge in [-0.15, -0.1) is 0 Å². The maximum Gasteiger partial charge on any atom is 0.406 e. The zero-order chi connectivity index (χ0) is 16.0.